The van der Waals surface area contributed by atoms with Gasteiger partial charge >= 0.3 is 6.18 Å². The van der Waals surface area contributed by atoms with Gasteiger partial charge in [0.25, 0.3) is 5.91 Å². The lowest BCUT2D eigenvalue weighted by molar-refractivity contribution is -0.138. The summed E-state index contributed by atoms with van der Waals surface area (Å²) in [5.41, 5.74) is -0.532. The fourth-order valence-electron chi connectivity index (χ4n) is 3.55. The molecule has 0 aliphatic carbocycles. The number of nitrogens with zero attached hydrogens (tertiary/aromatic N) is 2. The van der Waals surface area contributed by atoms with Crippen molar-refractivity contribution in [2.45, 2.75) is 24.0 Å². The van der Waals surface area contributed by atoms with E-state index in [1.165, 1.54) is 34.9 Å². The van der Waals surface area contributed by atoms with E-state index in [1.54, 1.807) is 6.92 Å². The van der Waals surface area contributed by atoms with E-state index in [0.29, 0.717) is 13.1 Å². The minimum atomic E-state index is -4.59. The molecular weight excluding hydrogens is 427 g/mol. The van der Waals surface area contributed by atoms with E-state index in [4.69, 9.17) is 0 Å². The van der Waals surface area contributed by atoms with Crippen molar-refractivity contribution >= 4 is 29.3 Å². The van der Waals surface area contributed by atoms with Crippen molar-refractivity contribution in [3.8, 4) is 0 Å². The molecule has 0 aromatic heterocycles. The zero-order valence-corrected chi connectivity index (χ0v) is 18.1. The molecule has 0 bridgehead atoms. The molecule has 166 valence electrons. The fourth-order valence-corrected chi connectivity index (χ4v) is 4.10. The number of carbonyl (C=O) groups excluding carboxylic acids is 2. The number of benzene rings is 2. The molecule has 1 aliphatic heterocycles. The van der Waals surface area contributed by atoms with Crippen LogP contribution in [0.5, 0.6) is 0 Å². The number of rotatable bonds is 5. The number of hydrogen-bond donors (Lipinski definition) is 1. The van der Waals surface area contributed by atoms with Gasteiger partial charge in [0.15, 0.2) is 0 Å². The van der Waals surface area contributed by atoms with Gasteiger partial charge in [0.05, 0.1) is 22.9 Å². The Kier molecular flexibility index (Phi) is 7.27. The third-order valence-corrected chi connectivity index (χ3v) is 6.15. The van der Waals surface area contributed by atoms with E-state index in [0.717, 1.165) is 16.6 Å². The lowest BCUT2D eigenvalue weighted by Gasteiger charge is -2.37. The van der Waals surface area contributed by atoms with Crippen molar-refractivity contribution in [1.29, 1.82) is 0 Å². The van der Waals surface area contributed by atoms with Gasteiger partial charge in [0, 0.05) is 31.1 Å². The number of hydrogen-bond acceptors (Lipinski definition) is 4. The highest BCUT2D eigenvalue weighted by Crippen LogP contribution is 2.32. The molecule has 9 heteroatoms. The van der Waals surface area contributed by atoms with Crippen molar-refractivity contribution in [2.75, 3.05) is 37.8 Å². The Morgan fingerprint density at radius 1 is 1.00 bits per heavy atom. The highest BCUT2D eigenvalue weighted by Gasteiger charge is 2.36. The van der Waals surface area contributed by atoms with Gasteiger partial charge in [-0.25, -0.2) is 0 Å². The summed E-state index contributed by atoms with van der Waals surface area (Å²) in [7, 11) is 0. The summed E-state index contributed by atoms with van der Waals surface area (Å²) in [6, 6.07) is 11.9. The normalized spacial score (nSPS) is 16.1. The maximum absolute atomic E-state index is 13.2. The SMILES string of the molecule is CSc1ccccc1NC(=O)C(C)N1CCN(C(=O)c2ccccc2C(F)(F)F)CC1. The molecule has 5 nitrogen and oxygen atoms in total. The first-order chi connectivity index (χ1) is 14.7. The van der Waals surface area contributed by atoms with Crippen molar-refractivity contribution in [3.05, 3.63) is 59.7 Å². The summed E-state index contributed by atoms with van der Waals surface area (Å²) in [6.45, 7) is 3.10. The second kappa shape index (κ2) is 9.74. The largest absolute Gasteiger partial charge is 0.417 e. The topological polar surface area (TPSA) is 52.7 Å². The number of thioether (sulfide) groups is 1. The molecule has 2 amide bonds. The van der Waals surface area contributed by atoms with E-state index < -0.39 is 23.7 Å². The molecule has 2 aromatic rings. The van der Waals surface area contributed by atoms with E-state index in [1.807, 2.05) is 35.4 Å². The molecule has 1 atom stereocenters. The smallest absolute Gasteiger partial charge is 0.336 e. The van der Waals surface area contributed by atoms with Crippen molar-refractivity contribution in [2.24, 2.45) is 0 Å². The van der Waals surface area contributed by atoms with Crippen molar-refractivity contribution in [3.63, 3.8) is 0 Å². The number of para-hydroxylation sites is 1. The van der Waals surface area contributed by atoms with E-state index in [2.05, 4.69) is 5.32 Å². The van der Waals surface area contributed by atoms with Gasteiger partial charge in [0.2, 0.25) is 5.91 Å². The first-order valence-corrected chi connectivity index (χ1v) is 11.1. The zero-order valence-electron chi connectivity index (χ0n) is 17.3. The van der Waals surface area contributed by atoms with Crippen LogP contribution in [0.15, 0.2) is 53.4 Å². The highest BCUT2D eigenvalue weighted by molar-refractivity contribution is 7.98. The number of piperazine rings is 1. The molecule has 1 saturated heterocycles. The first-order valence-electron chi connectivity index (χ1n) is 9.86. The summed E-state index contributed by atoms with van der Waals surface area (Å²) in [5, 5.41) is 2.94. The monoisotopic (exact) mass is 451 g/mol. The van der Waals surface area contributed by atoms with Gasteiger partial charge in [-0.2, -0.15) is 13.2 Å². The fraction of sp³-hybridized carbons (Fsp3) is 0.364. The molecule has 1 fully saturated rings. The molecule has 0 spiro atoms. The van der Waals surface area contributed by atoms with Gasteiger partial charge in [-0.1, -0.05) is 24.3 Å². The summed E-state index contributed by atoms with van der Waals surface area (Å²) in [4.78, 5) is 29.7. The second-order valence-electron chi connectivity index (χ2n) is 7.24. The average molecular weight is 452 g/mol. The quantitative estimate of drug-likeness (QED) is 0.692. The standard InChI is InChI=1S/C22H24F3N3O2S/c1-15(20(29)26-18-9-5-6-10-19(18)31-2)27-11-13-28(14-12-27)21(30)16-7-3-4-8-17(16)22(23,24)25/h3-10,15H,11-14H2,1-2H3,(H,26,29). The summed E-state index contributed by atoms with van der Waals surface area (Å²) in [6.07, 6.45) is -2.66. The lowest BCUT2D eigenvalue weighted by atomic mass is 10.1. The Labute approximate surface area is 183 Å². The lowest BCUT2D eigenvalue weighted by Crippen LogP contribution is -2.54. The molecule has 31 heavy (non-hydrogen) atoms. The maximum atomic E-state index is 13.2. The van der Waals surface area contributed by atoms with Crippen LogP contribution in [0.2, 0.25) is 0 Å². The van der Waals surface area contributed by atoms with Crippen molar-refractivity contribution in [1.82, 2.24) is 9.80 Å². The Bertz CT molecular complexity index is 944. The molecule has 1 unspecified atom stereocenters. The molecule has 3 rings (SSSR count). The van der Waals surface area contributed by atoms with Crippen LogP contribution in [0.1, 0.15) is 22.8 Å². The molecule has 1 aliphatic rings. The highest BCUT2D eigenvalue weighted by atomic mass is 32.2. The average Bonchev–Trinajstić information content (AvgIpc) is 2.78. The number of halogens is 3. The van der Waals surface area contributed by atoms with Crippen LogP contribution in [0, 0.1) is 0 Å². The number of nitrogens with one attached hydrogen (secondary N) is 1. The summed E-state index contributed by atoms with van der Waals surface area (Å²) >= 11 is 1.54. The van der Waals surface area contributed by atoms with E-state index >= 15 is 0 Å². The molecule has 0 saturated carbocycles. The number of anilines is 1. The van der Waals surface area contributed by atoms with Gasteiger partial charge in [-0.15, -0.1) is 11.8 Å². The number of carbonyl (C=O) groups is 2. The Balaban J connectivity index is 1.62. The van der Waals surface area contributed by atoms with Gasteiger partial charge in [-0.05, 0) is 37.4 Å². The Hall–Kier alpha value is -2.52. The van der Waals surface area contributed by atoms with Crippen LogP contribution >= 0.6 is 11.8 Å². The van der Waals surface area contributed by atoms with Gasteiger partial charge in [0.1, 0.15) is 0 Å². The van der Waals surface area contributed by atoms with Crippen LogP contribution in [0.4, 0.5) is 18.9 Å². The second-order valence-corrected chi connectivity index (χ2v) is 8.09. The first kappa shape index (κ1) is 23.1. The van der Waals surface area contributed by atoms with Crippen molar-refractivity contribution < 1.29 is 22.8 Å². The van der Waals surface area contributed by atoms with Gasteiger partial charge in [-0.3, -0.25) is 14.5 Å². The van der Waals surface area contributed by atoms with Crippen LogP contribution in [0.3, 0.4) is 0 Å². The van der Waals surface area contributed by atoms with Gasteiger partial charge < -0.3 is 10.2 Å². The minimum Gasteiger partial charge on any atom is -0.336 e. The van der Waals surface area contributed by atoms with E-state index in [-0.39, 0.29) is 24.6 Å². The number of alkyl halides is 3. The predicted octanol–water partition coefficient (Wildman–Crippen LogP) is 4.21. The molecule has 1 N–H and O–H groups in total. The Morgan fingerprint density at radius 2 is 1.61 bits per heavy atom. The number of amides is 2. The minimum absolute atomic E-state index is 0.163. The molecular formula is C22H24F3N3O2S. The third-order valence-electron chi connectivity index (χ3n) is 5.36. The molecule has 0 radical (unpaired) electrons. The van der Waals surface area contributed by atoms with Crippen LogP contribution < -0.4 is 5.32 Å². The van der Waals surface area contributed by atoms with Crippen LogP contribution in [0.25, 0.3) is 0 Å². The maximum Gasteiger partial charge on any atom is 0.417 e. The van der Waals surface area contributed by atoms with Crippen LogP contribution in [-0.2, 0) is 11.0 Å². The summed E-state index contributed by atoms with van der Waals surface area (Å²) in [5.74, 6) is -0.803. The molecule has 1 heterocycles. The Morgan fingerprint density at radius 3 is 2.26 bits per heavy atom. The molecule has 2 aromatic carbocycles. The summed E-state index contributed by atoms with van der Waals surface area (Å²) < 4.78 is 39.7. The van der Waals surface area contributed by atoms with Crippen LogP contribution in [-0.4, -0.2) is 60.1 Å². The van der Waals surface area contributed by atoms with E-state index in [9.17, 15) is 22.8 Å². The predicted molar refractivity (Wildman–Crippen MR) is 115 cm³/mol. The third kappa shape index (κ3) is 5.40. The zero-order chi connectivity index (χ0) is 22.6.